The number of anilines is 1. The van der Waals surface area contributed by atoms with Crippen LogP contribution < -0.4 is 10.1 Å². The summed E-state index contributed by atoms with van der Waals surface area (Å²) in [6, 6.07) is 11.2. The third-order valence-electron chi connectivity index (χ3n) is 5.23. The number of sulfonamides is 1. The van der Waals surface area contributed by atoms with E-state index >= 15 is 0 Å². The molecule has 0 unspecified atom stereocenters. The van der Waals surface area contributed by atoms with Crippen molar-refractivity contribution in [1.29, 1.82) is 0 Å². The number of rotatable bonds is 8. The number of halogens is 1. The summed E-state index contributed by atoms with van der Waals surface area (Å²) in [5.74, 6) is -0.263. The van der Waals surface area contributed by atoms with E-state index in [1.165, 1.54) is 32.4 Å². The molecule has 3 rings (SSSR count). The van der Waals surface area contributed by atoms with Gasteiger partial charge in [-0.1, -0.05) is 23.7 Å². The third kappa shape index (κ3) is 5.79. The lowest BCUT2D eigenvalue weighted by atomic mass is 10.1. The highest BCUT2D eigenvalue weighted by molar-refractivity contribution is 7.89. The number of benzene rings is 2. The fourth-order valence-corrected chi connectivity index (χ4v) is 5.01. The second-order valence-corrected chi connectivity index (χ2v) is 10.0. The van der Waals surface area contributed by atoms with Crippen molar-refractivity contribution in [2.45, 2.75) is 24.2 Å². The van der Waals surface area contributed by atoms with Gasteiger partial charge in [-0.3, -0.25) is 9.59 Å². The maximum absolute atomic E-state index is 12.9. The Kier molecular flexibility index (Phi) is 7.76. The number of amides is 2. The molecule has 2 amide bonds. The fraction of sp³-hybridized carbons (Fsp3) is 0.364. The SMILES string of the molecule is COc1ccc(Cl)cc1S(=O)(=O)N(C)CC(=O)Nc1ccc(CC(=O)N2CCCC2)cc1. The highest BCUT2D eigenvalue weighted by Gasteiger charge is 2.27. The molecule has 8 nitrogen and oxygen atoms in total. The van der Waals surface area contributed by atoms with Crippen molar-refractivity contribution in [3.05, 3.63) is 53.1 Å². The zero-order valence-corrected chi connectivity index (χ0v) is 19.6. The Morgan fingerprint density at radius 1 is 1.12 bits per heavy atom. The molecule has 0 bridgehead atoms. The normalized spacial score (nSPS) is 13.9. The number of likely N-dealkylation sites (tertiary alicyclic amines) is 1. The van der Waals surface area contributed by atoms with Crippen LogP contribution in [0.2, 0.25) is 5.02 Å². The first-order valence-corrected chi connectivity index (χ1v) is 12.0. The minimum absolute atomic E-state index is 0.0996. The van der Waals surface area contributed by atoms with Gasteiger partial charge in [-0.15, -0.1) is 0 Å². The number of nitrogens with zero attached hydrogens (tertiary/aromatic N) is 2. The van der Waals surface area contributed by atoms with Gasteiger partial charge in [-0.05, 0) is 48.7 Å². The van der Waals surface area contributed by atoms with Crippen LogP contribution in [-0.4, -0.2) is 63.2 Å². The van der Waals surface area contributed by atoms with Crippen LogP contribution >= 0.6 is 11.6 Å². The largest absolute Gasteiger partial charge is 0.495 e. The molecule has 1 N–H and O–H groups in total. The van der Waals surface area contributed by atoms with E-state index in [1.54, 1.807) is 24.3 Å². The topological polar surface area (TPSA) is 96.0 Å². The average Bonchev–Trinajstić information content (AvgIpc) is 3.30. The number of methoxy groups -OCH3 is 1. The first-order chi connectivity index (χ1) is 15.2. The minimum atomic E-state index is -4.00. The summed E-state index contributed by atoms with van der Waals surface area (Å²) in [5.41, 5.74) is 1.37. The van der Waals surface area contributed by atoms with Gasteiger partial charge in [0.1, 0.15) is 10.6 Å². The van der Waals surface area contributed by atoms with Crippen LogP contribution in [-0.2, 0) is 26.0 Å². The van der Waals surface area contributed by atoms with Crippen LogP contribution in [0.5, 0.6) is 5.75 Å². The molecule has 0 saturated carbocycles. The van der Waals surface area contributed by atoms with Gasteiger partial charge in [0.2, 0.25) is 21.8 Å². The summed E-state index contributed by atoms with van der Waals surface area (Å²) in [5, 5.41) is 2.92. The smallest absolute Gasteiger partial charge is 0.247 e. The lowest BCUT2D eigenvalue weighted by Crippen LogP contribution is -2.35. The molecule has 0 radical (unpaired) electrons. The summed E-state index contributed by atoms with van der Waals surface area (Å²) in [7, 11) is -1.33. The Bertz CT molecular complexity index is 1080. The second kappa shape index (κ2) is 10.3. The molecule has 1 saturated heterocycles. The standard InChI is InChI=1S/C22H26ClN3O5S/c1-25(32(29,30)20-14-17(23)7-10-19(20)31-2)15-21(27)24-18-8-5-16(6-9-18)13-22(28)26-11-3-4-12-26/h5-10,14H,3-4,11-13,15H2,1-2H3,(H,24,27). The summed E-state index contributed by atoms with van der Waals surface area (Å²) < 4.78 is 31.8. The zero-order valence-electron chi connectivity index (χ0n) is 18.0. The number of carbonyl (C=O) groups is 2. The quantitative estimate of drug-likeness (QED) is 0.628. The second-order valence-electron chi connectivity index (χ2n) is 7.57. The molecule has 1 aliphatic rings. The Morgan fingerprint density at radius 3 is 2.41 bits per heavy atom. The molecule has 0 spiro atoms. The maximum atomic E-state index is 12.9. The number of hydrogen-bond donors (Lipinski definition) is 1. The molecule has 2 aromatic rings. The lowest BCUT2D eigenvalue weighted by molar-refractivity contribution is -0.129. The number of hydrogen-bond acceptors (Lipinski definition) is 5. The van der Waals surface area contributed by atoms with E-state index in [0.29, 0.717) is 12.1 Å². The number of ether oxygens (including phenoxy) is 1. The molecule has 2 aromatic carbocycles. The van der Waals surface area contributed by atoms with Crippen molar-refractivity contribution in [2.75, 3.05) is 39.1 Å². The molecule has 32 heavy (non-hydrogen) atoms. The monoisotopic (exact) mass is 479 g/mol. The van der Waals surface area contributed by atoms with Crippen molar-refractivity contribution >= 4 is 39.1 Å². The lowest BCUT2D eigenvalue weighted by Gasteiger charge is -2.19. The highest BCUT2D eigenvalue weighted by atomic mass is 35.5. The van der Waals surface area contributed by atoms with Crippen LogP contribution in [0.4, 0.5) is 5.69 Å². The fourth-order valence-electron chi connectivity index (χ4n) is 3.47. The van der Waals surface area contributed by atoms with E-state index in [1.807, 2.05) is 4.90 Å². The zero-order chi connectivity index (χ0) is 23.3. The van der Waals surface area contributed by atoms with Gasteiger partial charge in [-0.25, -0.2) is 8.42 Å². The molecule has 172 valence electrons. The Labute approximate surface area is 193 Å². The van der Waals surface area contributed by atoms with Gasteiger partial charge >= 0.3 is 0 Å². The molecule has 0 atom stereocenters. The Hall–Kier alpha value is -2.62. The van der Waals surface area contributed by atoms with Gasteiger partial charge < -0.3 is 15.0 Å². The summed E-state index contributed by atoms with van der Waals surface area (Å²) >= 11 is 5.94. The summed E-state index contributed by atoms with van der Waals surface area (Å²) in [6.07, 6.45) is 2.41. The summed E-state index contributed by atoms with van der Waals surface area (Å²) in [4.78, 5) is 26.4. The molecule has 10 heteroatoms. The van der Waals surface area contributed by atoms with E-state index in [2.05, 4.69) is 5.32 Å². The molecular formula is C22H26ClN3O5S. The minimum Gasteiger partial charge on any atom is -0.495 e. The van der Waals surface area contributed by atoms with Crippen LogP contribution in [0.1, 0.15) is 18.4 Å². The van der Waals surface area contributed by atoms with E-state index in [0.717, 1.165) is 35.8 Å². The van der Waals surface area contributed by atoms with Gasteiger partial charge in [0.25, 0.3) is 0 Å². The van der Waals surface area contributed by atoms with E-state index in [9.17, 15) is 18.0 Å². The van der Waals surface area contributed by atoms with Gasteiger partial charge in [0, 0.05) is 30.8 Å². The van der Waals surface area contributed by atoms with Crippen LogP contribution in [0, 0.1) is 0 Å². The van der Waals surface area contributed by atoms with Gasteiger partial charge in [0.15, 0.2) is 0 Å². The molecule has 0 aromatic heterocycles. The molecule has 1 fully saturated rings. The first kappa shape index (κ1) is 24.0. The molecule has 1 heterocycles. The number of nitrogens with one attached hydrogen (secondary N) is 1. The van der Waals surface area contributed by atoms with Crippen molar-refractivity contribution in [3.63, 3.8) is 0 Å². The molecule has 1 aliphatic heterocycles. The van der Waals surface area contributed by atoms with Crippen molar-refractivity contribution < 1.29 is 22.7 Å². The maximum Gasteiger partial charge on any atom is 0.247 e. The van der Waals surface area contributed by atoms with Gasteiger partial charge in [-0.2, -0.15) is 4.31 Å². The van der Waals surface area contributed by atoms with E-state index in [4.69, 9.17) is 16.3 Å². The van der Waals surface area contributed by atoms with Crippen LogP contribution in [0.25, 0.3) is 0 Å². The average molecular weight is 480 g/mol. The predicted octanol–water partition coefficient (Wildman–Crippen LogP) is 2.77. The van der Waals surface area contributed by atoms with E-state index < -0.39 is 22.5 Å². The Morgan fingerprint density at radius 2 is 1.78 bits per heavy atom. The van der Waals surface area contributed by atoms with Crippen molar-refractivity contribution in [1.82, 2.24) is 9.21 Å². The molecular weight excluding hydrogens is 454 g/mol. The van der Waals surface area contributed by atoms with Crippen molar-refractivity contribution in [2.24, 2.45) is 0 Å². The summed E-state index contributed by atoms with van der Waals surface area (Å²) in [6.45, 7) is 1.22. The predicted molar refractivity (Wildman–Crippen MR) is 122 cm³/mol. The highest BCUT2D eigenvalue weighted by Crippen LogP contribution is 2.29. The molecule has 0 aliphatic carbocycles. The van der Waals surface area contributed by atoms with Crippen LogP contribution in [0.3, 0.4) is 0 Å². The van der Waals surface area contributed by atoms with Crippen LogP contribution in [0.15, 0.2) is 47.4 Å². The van der Waals surface area contributed by atoms with E-state index in [-0.39, 0.29) is 21.6 Å². The number of likely N-dealkylation sites (N-methyl/N-ethyl adjacent to an activating group) is 1. The van der Waals surface area contributed by atoms with Crippen molar-refractivity contribution in [3.8, 4) is 5.75 Å². The van der Waals surface area contributed by atoms with Gasteiger partial charge in [0.05, 0.1) is 20.1 Å². The Balaban J connectivity index is 1.60. The third-order valence-corrected chi connectivity index (χ3v) is 7.29. The number of carbonyl (C=O) groups excluding carboxylic acids is 2. The first-order valence-electron chi connectivity index (χ1n) is 10.2.